The van der Waals surface area contributed by atoms with Crippen LogP contribution >= 0.6 is 0 Å². The quantitative estimate of drug-likeness (QED) is 0.497. The standard InChI is InChI=1S/C26H29N3O2/c1-29(23-16-9-4-10-17-23)19-11-18-27-26(31)24(20-21-12-5-2-6-13-21)28-25(30)22-14-7-3-8-15-22/h2-10,12-17,24H,11,18-20H2,1H3,(H,27,31)(H,28,30). The second kappa shape index (κ2) is 11.6. The molecule has 3 aromatic carbocycles. The first-order valence-electron chi connectivity index (χ1n) is 10.6. The van der Waals surface area contributed by atoms with Gasteiger partial charge < -0.3 is 15.5 Å². The maximum Gasteiger partial charge on any atom is 0.251 e. The van der Waals surface area contributed by atoms with Crippen LogP contribution in [0.1, 0.15) is 22.3 Å². The summed E-state index contributed by atoms with van der Waals surface area (Å²) < 4.78 is 0. The van der Waals surface area contributed by atoms with Gasteiger partial charge in [0, 0.05) is 37.8 Å². The number of anilines is 1. The van der Waals surface area contributed by atoms with E-state index in [1.165, 1.54) is 0 Å². The predicted molar refractivity (Wildman–Crippen MR) is 125 cm³/mol. The Hall–Kier alpha value is -3.60. The molecular weight excluding hydrogens is 386 g/mol. The Morgan fingerprint density at radius 2 is 1.42 bits per heavy atom. The number of carbonyl (C=O) groups excluding carboxylic acids is 2. The number of hydrogen-bond donors (Lipinski definition) is 2. The Kier molecular flexibility index (Phi) is 8.23. The molecule has 3 aromatic rings. The predicted octanol–water partition coefficient (Wildman–Crippen LogP) is 3.67. The van der Waals surface area contributed by atoms with Crippen LogP contribution in [0.3, 0.4) is 0 Å². The average molecular weight is 416 g/mol. The minimum absolute atomic E-state index is 0.171. The molecule has 31 heavy (non-hydrogen) atoms. The van der Waals surface area contributed by atoms with E-state index in [1.54, 1.807) is 12.1 Å². The number of carbonyl (C=O) groups is 2. The Morgan fingerprint density at radius 3 is 2.06 bits per heavy atom. The summed E-state index contributed by atoms with van der Waals surface area (Å²) in [5, 5.41) is 5.88. The first-order chi connectivity index (χ1) is 15.1. The van der Waals surface area contributed by atoms with Crippen LogP contribution in [0.4, 0.5) is 5.69 Å². The Bertz CT molecular complexity index is 946. The summed E-state index contributed by atoms with van der Waals surface area (Å²) in [6.07, 6.45) is 1.25. The van der Waals surface area contributed by atoms with Crippen molar-refractivity contribution in [2.24, 2.45) is 0 Å². The van der Waals surface area contributed by atoms with Crippen LogP contribution in [-0.2, 0) is 11.2 Å². The van der Waals surface area contributed by atoms with Crippen molar-refractivity contribution in [2.75, 3.05) is 25.0 Å². The fourth-order valence-electron chi connectivity index (χ4n) is 3.35. The highest BCUT2D eigenvalue weighted by Crippen LogP contribution is 2.11. The molecule has 0 aliphatic carbocycles. The van der Waals surface area contributed by atoms with Gasteiger partial charge in [-0.15, -0.1) is 0 Å². The van der Waals surface area contributed by atoms with Crippen molar-refractivity contribution in [3.05, 3.63) is 102 Å². The summed E-state index contributed by atoms with van der Waals surface area (Å²) in [6.45, 7) is 1.37. The molecule has 0 heterocycles. The molecule has 2 N–H and O–H groups in total. The number of hydrogen-bond acceptors (Lipinski definition) is 3. The highest BCUT2D eigenvalue weighted by Gasteiger charge is 2.21. The third kappa shape index (κ3) is 7.00. The molecule has 0 spiro atoms. The maximum atomic E-state index is 12.9. The lowest BCUT2D eigenvalue weighted by atomic mass is 10.0. The van der Waals surface area contributed by atoms with E-state index >= 15 is 0 Å². The van der Waals surface area contributed by atoms with Crippen molar-refractivity contribution in [2.45, 2.75) is 18.9 Å². The lowest BCUT2D eigenvalue weighted by Crippen LogP contribution is -2.48. The van der Waals surface area contributed by atoms with E-state index in [1.807, 2.05) is 73.8 Å². The van der Waals surface area contributed by atoms with Gasteiger partial charge in [-0.25, -0.2) is 0 Å². The van der Waals surface area contributed by atoms with Gasteiger partial charge in [-0.2, -0.15) is 0 Å². The molecule has 0 saturated carbocycles. The van der Waals surface area contributed by atoms with Gasteiger partial charge in [0.2, 0.25) is 5.91 Å². The van der Waals surface area contributed by atoms with Gasteiger partial charge in [0.25, 0.3) is 5.91 Å². The van der Waals surface area contributed by atoms with Crippen LogP contribution in [0.25, 0.3) is 0 Å². The minimum Gasteiger partial charge on any atom is -0.375 e. The molecule has 0 saturated heterocycles. The normalized spacial score (nSPS) is 11.4. The first-order valence-corrected chi connectivity index (χ1v) is 10.6. The van der Waals surface area contributed by atoms with Crippen molar-refractivity contribution in [1.29, 1.82) is 0 Å². The van der Waals surface area contributed by atoms with Gasteiger partial charge in [-0.1, -0.05) is 66.7 Å². The number of nitrogens with zero attached hydrogens (tertiary/aromatic N) is 1. The van der Waals surface area contributed by atoms with Crippen molar-refractivity contribution < 1.29 is 9.59 Å². The van der Waals surface area contributed by atoms with Gasteiger partial charge in [0.1, 0.15) is 6.04 Å². The van der Waals surface area contributed by atoms with Crippen LogP contribution in [0.15, 0.2) is 91.0 Å². The van der Waals surface area contributed by atoms with Crippen LogP contribution in [0, 0.1) is 0 Å². The topological polar surface area (TPSA) is 61.4 Å². The lowest BCUT2D eigenvalue weighted by molar-refractivity contribution is -0.122. The summed E-state index contributed by atoms with van der Waals surface area (Å²) in [6, 6.07) is 28.2. The molecule has 160 valence electrons. The van der Waals surface area contributed by atoms with Crippen LogP contribution in [0.5, 0.6) is 0 Å². The zero-order valence-corrected chi connectivity index (χ0v) is 17.8. The number of amides is 2. The number of nitrogens with one attached hydrogen (secondary N) is 2. The smallest absolute Gasteiger partial charge is 0.251 e. The monoisotopic (exact) mass is 415 g/mol. The second-order valence-corrected chi connectivity index (χ2v) is 7.48. The molecule has 0 fully saturated rings. The molecule has 2 amide bonds. The molecule has 3 rings (SSSR count). The zero-order valence-electron chi connectivity index (χ0n) is 17.8. The Balaban J connectivity index is 1.56. The SMILES string of the molecule is CN(CCCNC(=O)C(Cc1ccccc1)NC(=O)c1ccccc1)c1ccccc1. The van der Waals surface area contributed by atoms with E-state index in [0.717, 1.165) is 24.2 Å². The molecule has 1 atom stereocenters. The van der Waals surface area contributed by atoms with Gasteiger partial charge in [-0.3, -0.25) is 9.59 Å². The minimum atomic E-state index is -0.637. The van der Waals surface area contributed by atoms with E-state index < -0.39 is 6.04 Å². The summed E-state index contributed by atoms with van der Waals surface area (Å²) in [7, 11) is 2.04. The molecule has 0 bridgehead atoms. The molecule has 5 heteroatoms. The van der Waals surface area contributed by atoms with Crippen molar-refractivity contribution in [1.82, 2.24) is 10.6 Å². The Labute approximate surface area is 184 Å². The second-order valence-electron chi connectivity index (χ2n) is 7.48. The number of para-hydroxylation sites is 1. The van der Waals surface area contributed by atoms with E-state index in [2.05, 4.69) is 27.7 Å². The average Bonchev–Trinajstić information content (AvgIpc) is 2.83. The fraction of sp³-hybridized carbons (Fsp3) is 0.231. The molecular formula is C26H29N3O2. The van der Waals surface area contributed by atoms with E-state index in [4.69, 9.17) is 0 Å². The van der Waals surface area contributed by atoms with Gasteiger partial charge in [0.05, 0.1) is 0 Å². The third-order valence-corrected chi connectivity index (χ3v) is 5.11. The summed E-state index contributed by atoms with van der Waals surface area (Å²) in [5.41, 5.74) is 2.68. The molecule has 1 unspecified atom stereocenters. The van der Waals surface area contributed by atoms with Crippen LogP contribution in [-0.4, -0.2) is 38.0 Å². The number of rotatable bonds is 10. The molecule has 0 aliphatic heterocycles. The highest BCUT2D eigenvalue weighted by molar-refractivity contribution is 5.97. The van der Waals surface area contributed by atoms with Crippen molar-refractivity contribution in [3.8, 4) is 0 Å². The summed E-state index contributed by atoms with van der Waals surface area (Å²) in [4.78, 5) is 27.7. The van der Waals surface area contributed by atoms with E-state index in [0.29, 0.717) is 18.5 Å². The first kappa shape index (κ1) is 22.1. The third-order valence-electron chi connectivity index (χ3n) is 5.11. The fourth-order valence-corrected chi connectivity index (χ4v) is 3.35. The molecule has 5 nitrogen and oxygen atoms in total. The van der Waals surface area contributed by atoms with Crippen LogP contribution in [0.2, 0.25) is 0 Å². The van der Waals surface area contributed by atoms with Gasteiger partial charge >= 0.3 is 0 Å². The summed E-state index contributed by atoms with van der Waals surface area (Å²) >= 11 is 0. The van der Waals surface area contributed by atoms with Gasteiger partial charge in [0.15, 0.2) is 0 Å². The molecule has 0 aromatic heterocycles. The number of benzene rings is 3. The van der Waals surface area contributed by atoms with E-state index in [9.17, 15) is 9.59 Å². The van der Waals surface area contributed by atoms with Crippen molar-refractivity contribution in [3.63, 3.8) is 0 Å². The van der Waals surface area contributed by atoms with Gasteiger partial charge in [-0.05, 0) is 36.2 Å². The largest absolute Gasteiger partial charge is 0.375 e. The zero-order chi connectivity index (χ0) is 21.9. The maximum absolute atomic E-state index is 12.9. The van der Waals surface area contributed by atoms with Crippen LogP contribution < -0.4 is 15.5 Å². The molecule has 0 radical (unpaired) electrons. The van der Waals surface area contributed by atoms with Crippen molar-refractivity contribution >= 4 is 17.5 Å². The lowest BCUT2D eigenvalue weighted by Gasteiger charge is -2.21. The highest BCUT2D eigenvalue weighted by atomic mass is 16.2. The van der Waals surface area contributed by atoms with E-state index in [-0.39, 0.29) is 11.8 Å². The Morgan fingerprint density at radius 1 is 0.839 bits per heavy atom. The molecule has 0 aliphatic rings. The summed E-state index contributed by atoms with van der Waals surface area (Å²) in [5.74, 6) is -0.420.